The van der Waals surface area contributed by atoms with E-state index in [-0.39, 0.29) is 23.5 Å². The summed E-state index contributed by atoms with van der Waals surface area (Å²) in [6, 6.07) is 7.30. The molecule has 128 valence electrons. The van der Waals surface area contributed by atoms with Crippen molar-refractivity contribution in [3.63, 3.8) is 0 Å². The minimum atomic E-state index is -0.723. The van der Waals surface area contributed by atoms with Crippen LogP contribution >= 0.6 is 0 Å². The van der Waals surface area contributed by atoms with Gasteiger partial charge in [-0.05, 0) is 49.1 Å². The molecule has 2 aliphatic heterocycles. The van der Waals surface area contributed by atoms with E-state index in [1.54, 1.807) is 12.1 Å². The summed E-state index contributed by atoms with van der Waals surface area (Å²) in [5, 5.41) is 1.87. The summed E-state index contributed by atoms with van der Waals surface area (Å²) in [7, 11) is 0. The Morgan fingerprint density at radius 1 is 1.29 bits per heavy atom. The third-order valence-electron chi connectivity index (χ3n) is 4.90. The Hall–Kier alpha value is -2.14. The Bertz CT molecular complexity index is 679. The van der Waals surface area contributed by atoms with Gasteiger partial charge in [0.1, 0.15) is 18.0 Å². The van der Waals surface area contributed by atoms with Gasteiger partial charge in [0, 0.05) is 12.5 Å². The minimum Gasteiger partial charge on any atom is -0.459 e. The molecule has 1 aromatic rings. The minimum absolute atomic E-state index is 0.00761. The van der Waals surface area contributed by atoms with Crippen molar-refractivity contribution >= 4 is 17.9 Å². The summed E-state index contributed by atoms with van der Waals surface area (Å²) in [5.41, 5.74) is 0.614. The third-order valence-corrected chi connectivity index (χ3v) is 4.90. The van der Waals surface area contributed by atoms with Gasteiger partial charge in [0.05, 0.1) is 11.7 Å². The lowest BCUT2D eigenvalue weighted by atomic mass is 9.79. The molecule has 1 aromatic carbocycles. The summed E-state index contributed by atoms with van der Waals surface area (Å²) in [4.78, 5) is 28.7. The number of rotatable bonds is 3. The smallest absolute Gasteiger partial charge is 0.303 e. The third kappa shape index (κ3) is 2.84. The van der Waals surface area contributed by atoms with Crippen LogP contribution in [0.15, 0.2) is 36.4 Å². The molecule has 3 aliphatic rings. The van der Waals surface area contributed by atoms with Crippen molar-refractivity contribution < 1.29 is 19.2 Å². The number of nitrogens with zero attached hydrogens (tertiary/aromatic N) is 1. The van der Waals surface area contributed by atoms with E-state index in [1.807, 2.05) is 30.2 Å². The van der Waals surface area contributed by atoms with Crippen LogP contribution in [0.25, 0.3) is 0 Å². The van der Waals surface area contributed by atoms with Gasteiger partial charge in [0.2, 0.25) is 0 Å². The molecule has 1 fully saturated rings. The molecule has 0 unspecified atom stereocenters. The summed E-state index contributed by atoms with van der Waals surface area (Å²) in [6.45, 7) is 7.65. The molecule has 5 nitrogen and oxygen atoms in total. The molecule has 1 aliphatic carbocycles. The first-order chi connectivity index (χ1) is 11.2. The van der Waals surface area contributed by atoms with Gasteiger partial charge in [-0.2, -0.15) is 0 Å². The Balaban J connectivity index is 2.00. The predicted octanol–water partition coefficient (Wildman–Crippen LogP) is 3.30. The predicted molar refractivity (Wildman–Crippen MR) is 90.7 cm³/mol. The number of anilines is 1. The number of hydroxylamine groups is 1. The second-order valence-electron chi connectivity index (χ2n) is 7.41. The highest BCUT2D eigenvalue weighted by Gasteiger charge is 2.52. The summed E-state index contributed by atoms with van der Waals surface area (Å²) in [6.07, 6.45) is 5.28. The fraction of sp³-hybridized carbons (Fsp3) is 0.474. The second-order valence-corrected chi connectivity index (χ2v) is 7.41. The van der Waals surface area contributed by atoms with E-state index in [9.17, 15) is 9.59 Å². The fourth-order valence-electron chi connectivity index (χ4n) is 3.48. The van der Waals surface area contributed by atoms with Gasteiger partial charge in [-0.3, -0.25) is 14.4 Å². The molecule has 0 N–H and O–H groups in total. The van der Waals surface area contributed by atoms with Gasteiger partial charge in [-0.25, -0.2) is 5.06 Å². The SMILES string of the molecule is CC(=O)O[C@@H]1CC(C)(C)[C@@H]2C=C[C@@]1(C)ON2c1ccc(C=O)cc1. The number of carbonyl (C=O) groups is 2. The fourth-order valence-corrected chi connectivity index (χ4v) is 3.48. The molecule has 4 rings (SSSR count). The normalized spacial score (nSPS) is 30.8. The number of hydrogen-bond donors (Lipinski definition) is 0. The van der Waals surface area contributed by atoms with Crippen LogP contribution in [0, 0.1) is 5.41 Å². The lowest BCUT2D eigenvalue weighted by molar-refractivity contribution is -0.163. The summed E-state index contributed by atoms with van der Waals surface area (Å²) >= 11 is 0. The van der Waals surface area contributed by atoms with E-state index in [2.05, 4.69) is 19.9 Å². The molecular weight excluding hydrogens is 306 g/mol. The Morgan fingerprint density at radius 2 is 1.96 bits per heavy atom. The largest absolute Gasteiger partial charge is 0.459 e. The average molecular weight is 329 g/mol. The Kier molecular flexibility index (Phi) is 4.00. The van der Waals surface area contributed by atoms with Crippen LogP contribution in [0.5, 0.6) is 0 Å². The van der Waals surface area contributed by atoms with Gasteiger partial charge in [-0.1, -0.05) is 19.9 Å². The topological polar surface area (TPSA) is 55.8 Å². The zero-order valence-corrected chi connectivity index (χ0v) is 14.5. The first-order valence-corrected chi connectivity index (χ1v) is 8.15. The van der Waals surface area contributed by atoms with Gasteiger partial charge >= 0.3 is 5.97 Å². The van der Waals surface area contributed by atoms with Crippen LogP contribution in [0.2, 0.25) is 0 Å². The van der Waals surface area contributed by atoms with E-state index in [0.29, 0.717) is 12.0 Å². The van der Waals surface area contributed by atoms with Crippen molar-refractivity contribution in [2.75, 3.05) is 5.06 Å². The van der Waals surface area contributed by atoms with Crippen LogP contribution in [-0.2, 0) is 14.4 Å². The molecule has 24 heavy (non-hydrogen) atoms. The van der Waals surface area contributed by atoms with Crippen molar-refractivity contribution in [3.8, 4) is 0 Å². The van der Waals surface area contributed by atoms with E-state index in [4.69, 9.17) is 9.57 Å². The molecule has 0 radical (unpaired) electrons. The zero-order valence-electron chi connectivity index (χ0n) is 14.5. The van der Waals surface area contributed by atoms with Gasteiger partial charge in [0.25, 0.3) is 0 Å². The van der Waals surface area contributed by atoms with Crippen LogP contribution < -0.4 is 5.06 Å². The van der Waals surface area contributed by atoms with Crippen LogP contribution in [0.4, 0.5) is 5.69 Å². The number of ether oxygens (including phenoxy) is 1. The van der Waals surface area contributed by atoms with Crippen LogP contribution in [0.3, 0.4) is 0 Å². The molecule has 0 saturated carbocycles. The highest BCUT2D eigenvalue weighted by Crippen LogP contribution is 2.46. The van der Waals surface area contributed by atoms with E-state index in [1.165, 1.54) is 6.92 Å². The molecule has 2 bridgehead atoms. The van der Waals surface area contributed by atoms with Gasteiger partial charge in [-0.15, -0.1) is 0 Å². The molecule has 1 saturated heterocycles. The number of carbonyl (C=O) groups excluding carboxylic acids is 2. The monoisotopic (exact) mass is 329 g/mol. The summed E-state index contributed by atoms with van der Waals surface area (Å²) < 4.78 is 5.57. The van der Waals surface area contributed by atoms with E-state index in [0.717, 1.165) is 12.0 Å². The van der Waals surface area contributed by atoms with Crippen molar-refractivity contribution in [3.05, 3.63) is 42.0 Å². The van der Waals surface area contributed by atoms with Crippen molar-refractivity contribution in [2.24, 2.45) is 5.41 Å². The van der Waals surface area contributed by atoms with Gasteiger partial charge < -0.3 is 4.74 Å². The number of fused-ring (bicyclic) bond motifs is 3. The van der Waals surface area contributed by atoms with Crippen LogP contribution in [0.1, 0.15) is 44.5 Å². The van der Waals surface area contributed by atoms with E-state index >= 15 is 0 Å². The van der Waals surface area contributed by atoms with E-state index < -0.39 is 5.60 Å². The molecular formula is C19H23NO4. The molecule has 0 aromatic heterocycles. The van der Waals surface area contributed by atoms with Crippen molar-refractivity contribution in [2.45, 2.75) is 51.9 Å². The lowest BCUT2D eigenvalue weighted by Crippen LogP contribution is -2.50. The number of aldehydes is 1. The second kappa shape index (κ2) is 5.74. The zero-order chi connectivity index (χ0) is 17.5. The number of benzene rings is 1. The maximum Gasteiger partial charge on any atom is 0.303 e. The maximum absolute atomic E-state index is 11.5. The highest BCUT2D eigenvalue weighted by atomic mass is 16.7. The molecule has 3 atom stereocenters. The van der Waals surface area contributed by atoms with Gasteiger partial charge in [0.15, 0.2) is 0 Å². The average Bonchev–Trinajstić information content (AvgIpc) is 2.67. The van der Waals surface area contributed by atoms with Crippen molar-refractivity contribution in [1.29, 1.82) is 0 Å². The highest BCUT2D eigenvalue weighted by molar-refractivity contribution is 5.75. The quantitative estimate of drug-likeness (QED) is 0.484. The summed E-state index contributed by atoms with van der Waals surface area (Å²) in [5.74, 6) is -0.304. The molecule has 2 heterocycles. The number of esters is 1. The molecule has 0 amide bonds. The Labute approximate surface area is 142 Å². The van der Waals surface area contributed by atoms with Crippen LogP contribution in [-0.4, -0.2) is 30.0 Å². The maximum atomic E-state index is 11.5. The molecule has 0 spiro atoms. The number of hydrogen-bond acceptors (Lipinski definition) is 5. The Morgan fingerprint density at radius 3 is 2.54 bits per heavy atom. The lowest BCUT2D eigenvalue weighted by Gasteiger charge is -2.42. The molecule has 5 heteroatoms. The van der Waals surface area contributed by atoms with Crippen molar-refractivity contribution in [1.82, 2.24) is 0 Å². The first kappa shape index (κ1) is 16.7. The standard InChI is InChI=1S/C19H23NO4/c1-13(22)23-17-11-18(2,3)16-9-10-19(17,4)24-20(16)15-7-5-14(12-21)6-8-15/h5-10,12,16-17H,11H2,1-4H3/t16-,17+,19+/m0/s1. The first-order valence-electron chi connectivity index (χ1n) is 8.15.